The SMILES string of the molecule is COc1ccc(COC2CCOCC2)cc1C#CCCO. The lowest BCUT2D eigenvalue weighted by Gasteiger charge is -2.22. The molecule has 1 aromatic carbocycles. The Morgan fingerprint density at radius 1 is 1.33 bits per heavy atom. The Balaban J connectivity index is 1.99. The van der Waals surface area contributed by atoms with Gasteiger partial charge in [-0.25, -0.2) is 0 Å². The Morgan fingerprint density at radius 2 is 2.14 bits per heavy atom. The molecule has 1 aliphatic rings. The van der Waals surface area contributed by atoms with Crippen LogP contribution in [0.4, 0.5) is 0 Å². The lowest BCUT2D eigenvalue weighted by molar-refractivity contribution is -0.0390. The Morgan fingerprint density at radius 3 is 2.86 bits per heavy atom. The molecule has 0 amide bonds. The number of aliphatic hydroxyl groups is 1. The summed E-state index contributed by atoms with van der Waals surface area (Å²) in [6.07, 6.45) is 2.66. The molecular weight excluding hydrogens is 268 g/mol. The Kier molecular flexibility index (Phi) is 6.55. The molecule has 0 radical (unpaired) electrons. The zero-order valence-electron chi connectivity index (χ0n) is 12.4. The number of hydrogen-bond acceptors (Lipinski definition) is 4. The first-order valence-corrected chi connectivity index (χ1v) is 7.29. The second-order valence-electron chi connectivity index (χ2n) is 4.93. The van der Waals surface area contributed by atoms with Gasteiger partial charge in [0, 0.05) is 19.6 Å². The summed E-state index contributed by atoms with van der Waals surface area (Å²) in [4.78, 5) is 0. The van der Waals surface area contributed by atoms with Crippen molar-refractivity contribution >= 4 is 0 Å². The Hall–Kier alpha value is -1.54. The van der Waals surface area contributed by atoms with Crippen LogP contribution in [0.25, 0.3) is 0 Å². The summed E-state index contributed by atoms with van der Waals surface area (Å²) in [5.74, 6) is 6.70. The van der Waals surface area contributed by atoms with Crippen molar-refractivity contribution in [2.75, 3.05) is 26.9 Å². The van der Waals surface area contributed by atoms with Crippen LogP contribution in [0.2, 0.25) is 0 Å². The van der Waals surface area contributed by atoms with Crippen LogP contribution in [0.1, 0.15) is 30.4 Å². The summed E-state index contributed by atoms with van der Waals surface area (Å²) in [6, 6.07) is 5.89. The van der Waals surface area contributed by atoms with Crippen molar-refractivity contribution in [3.05, 3.63) is 29.3 Å². The van der Waals surface area contributed by atoms with E-state index < -0.39 is 0 Å². The highest BCUT2D eigenvalue weighted by Crippen LogP contribution is 2.20. The monoisotopic (exact) mass is 290 g/mol. The topological polar surface area (TPSA) is 47.9 Å². The van der Waals surface area contributed by atoms with Gasteiger partial charge in [-0.1, -0.05) is 17.9 Å². The third kappa shape index (κ3) is 5.05. The van der Waals surface area contributed by atoms with Gasteiger partial charge in [-0.05, 0) is 30.5 Å². The van der Waals surface area contributed by atoms with Crippen LogP contribution in [0.5, 0.6) is 5.75 Å². The number of rotatable bonds is 5. The molecule has 0 bridgehead atoms. The van der Waals surface area contributed by atoms with E-state index in [0.29, 0.717) is 13.0 Å². The molecule has 0 aromatic heterocycles. The summed E-state index contributed by atoms with van der Waals surface area (Å²) >= 11 is 0. The predicted octanol–water partition coefficient (Wildman–Crippen LogP) is 2.12. The molecule has 2 rings (SSSR count). The van der Waals surface area contributed by atoms with Crippen molar-refractivity contribution in [2.24, 2.45) is 0 Å². The van der Waals surface area contributed by atoms with Crippen LogP contribution >= 0.6 is 0 Å². The second-order valence-corrected chi connectivity index (χ2v) is 4.93. The first-order valence-electron chi connectivity index (χ1n) is 7.29. The molecule has 1 heterocycles. The fourth-order valence-electron chi connectivity index (χ4n) is 2.21. The van der Waals surface area contributed by atoms with Gasteiger partial charge in [0.15, 0.2) is 0 Å². The lowest BCUT2D eigenvalue weighted by atomic mass is 10.1. The zero-order valence-corrected chi connectivity index (χ0v) is 12.4. The molecule has 0 unspecified atom stereocenters. The second kappa shape index (κ2) is 8.68. The highest BCUT2D eigenvalue weighted by Gasteiger charge is 2.14. The normalized spacial score (nSPS) is 15.3. The smallest absolute Gasteiger partial charge is 0.134 e. The van der Waals surface area contributed by atoms with E-state index in [0.717, 1.165) is 42.9 Å². The van der Waals surface area contributed by atoms with Crippen LogP contribution < -0.4 is 4.74 Å². The third-order valence-electron chi connectivity index (χ3n) is 3.38. The Bertz CT molecular complexity index is 495. The highest BCUT2D eigenvalue weighted by atomic mass is 16.5. The van der Waals surface area contributed by atoms with Gasteiger partial charge in [0.1, 0.15) is 5.75 Å². The molecule has 4 nitrogen and oxygen atoms in total. The number of benzene rings is 1. The lowest BCUT2D eigenvalue weighted by Crippen LogP contribution is -2.23. The van der Waals surface area contributed by atoms with Crippen LogP contribution in [0.15, 0.2) is 18.2 Å². The molecule has 1 N–H and O–H groups in total. The van der Waals surface area contributed by atoms with E-state index in [9.17, 15) is 0 Å². The van der Waals surface area contributed by atoms with Crippen molar-refractivity contribution in [1.29, 1.82) is 0 Å². The van der Waals surface area contributed by atoms with E-state index in [2.05, 4.69) is 11.8 Å². The summed E-state index contributed by atoms with van der Waals surface area (Å²) in [7, 11) is 1.63. The maximum Gasteiger partial charge on any atom is 0.134 e. The highest BCUT2D eigenvalue weighted by molar-refractivity contribution is 5.48. The average Bonchev–Trinajstić information content (AvgIpc) is 2.54. The van der Waals surface area contributed by atoms with Crippen molar-refractivity contribution in [2.45, 2.75) is 32.0 Å². The van der Waals surface area contributed by atoms with E-state index in [1.807, 2.05) is 18.2 Å². The number of aliphatic hydroxyl groups excluding tert-OH is 1. The molecular formula is C17H22O4. The molecule has 0 aliphatic carbocycles. The minimum Gasteiger partial charge on any atom is -0.495 e. The van der Waals surface area contributed by atoms with E-state index in [-0.39, 0.29) is 12.7 Å². The standard InChI is InChI=1S/C17H22O4/c1-19-17-6-5-14(12-15(17)4-2-3-9-18)13-21-16-7-10-20-11-8-16/h5-6,12,16,18H,3,7-11,13H2,1H3. The van der Waals surface area contributed by atoms with Gasteiger partial charge >= 0.3 is 0 Å². The fourth-order valence-corrected chi connectivity index (χ4v) is 2.21. The van der Waals surface area contributed by atoms with E-state index in [1.54, 1.807) is 7.11 Å². The number of ether oxygens (including phenoxy) is 3. The first kappa shape index (κ1) is 15.8. The zero-order chi connectivity index (χ0) is 14.9. The molecule has 21 heavy (non-hydrogen) atoms. The first-order chi connectivity index (χ1) is 10.3. The molecule has 1 aromatic rings. The molecule has 1 aliphatic heterocycles. The van der Waals surface area contributed by atoms with Crippen molar-refractivity contribution < 1.29 is 19.3 Å². The van der Waals surface area contributed by atoms with Crippen LogP contribution in [0.3, 0.4) is 0 Å². The summed E-state index contributed by atoms with van der Waals surface area (Å²) in [5.41, 5.74) is 1.91. The summed E-state index contributed by atoms with van der Waals surface area (Å²) in [6.45, 7) is 2.21. The number of methoxy groups -OCH3 is 1. The minimum atomic E-state index is 0.0713. The summed E-state index contributed by atoms with van der Waals surface area (Å²) in [5, 5.41) is 8.79. The van der Waals surface area contributed by atoms with Gasteiger partial charge in [-0.2, -0.15) is 0 Å². The van der Waals surface area contributed by atoms with Crippen LogP contribution in [-0.4, -0.2) is 38.1 Å². The largest absolute Gasteiger partial charge is 0.495 e. The molecule has 1 fully saturated rings. The third-order valence-corrected chi connectivity index (χ3v) is 3.38. The average molecular weight is 290 g/mol. The van der Waals surface area contributed by atoms with Gasteiger partial charge in [0.05, 0.1) is 32.0 Å². The molecule has 0 saturated carbocycles. The van der Waals surface area contributed by atoms with Gasteiger partial charge < -0.3 is 19.3 Å². The van der Waals surface area contributed by atoms with Crippen molar-refractivity contribution in [3.63, 3.8) is 0 Å². The van der Waals surface area contributed by atoms with Gasteiger partial charge in [-0.15, -0.1) is 0 Å². The fraction of sp³-hybridized carbons (Fsp3) is 0.529. The molecule has 1 saturated heterocycles. The maximum absolute atomic E-state index is 8.79. The molecule has 4 heteroatoms. The molecule has 114 valence electrons. The van der Waals surface area contributed by atoms with E-state index >= 15 is 0 Å². The van der Waals surface area contributed by atoms with Crippen molar-refractivity contribution in [1.82, 2.24) is 0 Å². The van der Waals surface area contributed by atoms with Gasteiger partial charge in [0.2, 0.25) is 0 Å². The van der Waals surface area contributed by atoms with Crippen molar-refractivity contribution in [3.8, 4) is 17.6 Å². The van der Waals surface area contributed by atoms with Gasteiger partial charge in [0.25, 0.3) is 0 Å². The van der Waals surface area contributed by atoms with Crippen LogP contribution in [-0.2, 0) is 16.1 Å². The quantitative estimate of drug-likeness (QED) is 0.844. The predicted molar refractivity (Wildman–Crippen MR) is 80.2 cm³/mol. The van der Waals surface area contributed by atoms with E-state index in [4.69, 9.17) is 19.3 Å². The molecule has 0 atom stereocenters. The maximum atomic E-state index is 8.79. The van der Waals surface area contributed by atoms with Gasteiger partial charge in [-0.3, -0.25) is 0 Å². The van der Waals surface area contributed by atoms with E-state index in [1.165, 1.54) is 0 Å². The summed E-state index contributed by atoms with van der Waals surface area (Å²) < 4.78 is 16.5. The Labute approximate surface area is 126 Å². The number of hydrogen-bond donors (Lipinski definition) is 1. The van der Waals surface area contributed by atoms with Crippen LogP contribution in [0, 0.1) is 11.8 Å². The minimum absolute atomic E-state index is 0.0713. The molecule has 0 spiro atoms.